The van der Waals surface area contributed by atoms with Gasteiger partial charge in [0.25, 0.3) is 5.91 Å². The Hall–Kier alpha value is -7.07. The SMILES string of the molecule is C=N/N=C\N(C)CCc1cccc(-n2cc3c(C(F)(F)F)cc(CN4CCC(OCCOCc5ccc(CN6CCN(c7cc(C(=O)N(C)C(C=O)CCC(=O)NC)c(C=O)cc7F)CC6)cc5)CC4)cn3c2=O)c1. The summed E-state index contributed by atoms with van der Waals surface area (Å²) < 4.78 is 73.3. The van der Waals surface area contributed by atoms with Gasteiger partial charge in [0.05, 0.1) is 60.0 Å². The number of aldehydes is 2. The number of rotatable bonds is 24. The zero-order chi connectivity index (χ0) is 53.6. The van der Waals surface area contributed by atoms with Crippen molar-refractivity contribution in [2.24, 2.45) is 10.2 Å². The van der Waals surface area contributed by atoms with Gasteiger partial charge in [0, 0.05) is 111 Å². The summed E-state index contributed by atoms with van der Waals surface area (Å²) in [5.74, 6) is -1.53. The van der Waals surface area contributed by atoms with Gasteiger partial charge in [0.2, 0.25) is 5.91 Å². The third kappa shape index (κ3) is 14.6. The fourth-order valence-corrected chi connectivity index (χ4v) is 9.40. The van der Waals surface area contributed by atoms with Gasteiger partial charge in [-0.05, 0) is 78.3 Å². The van der Waals surface area contributed by atoms with Gasteiger partial charge in [-0.3, -0.25) is 33.2 Å². The van der Waals surface area contributed by atoms with Crippen LogP contribution in [0, 0.1) is 5.82 Å². The number of nitrogens with zero attached hydrogens (tertiary/aromatic N) is 9. The maximum Gasteiger partial charge on any atom is 0.418 e. The minimum atomic E-state index is -4.68. The summed E-state index contributed by atoms with van der Waals surface area (Å²) in [6.45, 7) is 9.44. The molecule has 0 aliphatic carbocycles. The Morgan fingerprint density at radius 2 is 1.60 bits per heavy atom. The molecule has 5 aromatic rings. The molecule has 0 radical (unpaired) electrons. The van der Waals surface area contributed by atoms with Gasteiger partial charge >= 0.3 is 11.9 Å². The molecule has 75 heavy (non-hydrogen) atoms. The van der Waals surface area contributed by atoms with E-state index in [9.17, 15) is 37.1 Å². The van der Waals surface area contributed by atoms with Gasteiger partial charge in [0.1, 0.15) is 18.4 Å². The molecule has 3 aromatic carbocycles. The van der Waals surface area contributed by atoms with E-state index in [1.807, 2.05) is 47.2 Å². The first kappa shape index (κ1) is 55.7. The molecule has 400 valence electrons. The number of anilines is 1. The number of hydrogen-bond acceptors (Lipinski definition) is 12. The largest absolute Gasteiger partial charge is 0.418 e. The highest BCUT2D eigenvalue weighted by Crippen LogP contribution is 2.34. The van der Waals surface area contributed by atoms with Gasteiger partial charge in [-0.2, -0.15) is 18.3 Å². The van der Waals surface area contributed by atoms with Crippen LogP contribution in [0.3, 0.4) is 0 Å². The van der Waals surface area contributed by atoms with E-state index in [1.165, 1.54) is 42.0 Å². The van der Waals surface area contributed by atoms with Crippen LogP contribution in [0.5, 0.6) is 0 Å². The average molecular weight is 1040 g/mol. The van der Waals surface area contributed by atoms with Crippen molar-refractivity contribution in [3.63, 3.8) is 0 Å². The van der Waals surface area contributed by atoms with Crippen molar-refractivity contribution in [2.75, 3.05) is 85.1 Å². The van der Waals surface area contributed by atoms with Crippen molar-refractivity contribution < 1.29 is 46.2 Å². The lowest BCUT2D eigenvalue weighted by Crippen LogP contribution is -2.46. The molecule has 1 unspecified atom stereocenters. The first-order valence-electron chi connectivity index (χ1n) is 24.9. The molecule has 2 amide bonds. The summed E-state index contributed by atoms with van der Waals surface area (Å²) in [5, 5.41) is 9.70. The Morgan fingerprint density at radius 3 is 2.28 bits per heavy atom. The summed E-state index contributed by atoms with van der Waals surface area (Å²) in [7, 11) is 4.73. The standard InChI is InChI=1S/C54H64F4N10O7/c1-59-51(71)13-12-44(35-70)63(4)52(72)46-29-49(48(55)28-42(46)34-69)66-22-20-65(21-23-66)30-39-8-10-40(11-9-39)36-74-24-25-75-45-15-18-64(19-16-45)31-41-27-47(54(56,57)58)50-33-67(53(73)68(50)32-41)43-7-5-6-38(26-43)14-17-62(3)37-61-60-2/h5-11,26-29,32-35,37,44-45H,2,12-25,30-31,36H2,1,3-4H3,(H,59,71)/b61-37-. The van der Waals surface area contributed by atoms with Gasteiger partial charge in [-0.15, -0.1) is 5.10 Å². The van der Waals surface area contributed by atoms with Crippen LogP contribution < -0.4 is 15.9 Å². The molecule has 0 saturated carbocycles. The maximum absolute atomic E-state index is 15.4. The molecule has 0 spiro atoms. The highest BCUT2D eigenvalue weighted by atomic mass is 19.4. The molecular formula is C54H64F4N10O7. The number of nitrogens with one attached hydrogen (secondary N) is 1. The van der Waals surface area contributed by atoms with Crippen LogP contribution in [0.15, 0.2) is 94.1 Å². The number of halogens is 4. The number of carbonyl (C=O) groups is 4. The number of ether oxygens (including phenoxy) is 2. The fraction of sp³-hybridized carbons (Fsp3) is 0.426. The molecule has 2 fully saturated rings. The van der Waals surface area contributed by atoms with Crippen LogP contribution in [-0.2, 0) is 51.4 Å². The third-order valence-corrected chi connectivity index (χ3v) is 13.7. The van der Waals surface area contributed by atoms with E-state index < -0.39 is 35.2 Å². The number of piperidine rings is 1. The number of aromatic nitrogens is 2. The summed E-state index contributed by atoms with van der Waals surface area (Å²) >= 11 is 0. The highest BCUT2D eigenvalue weighted by molar-refractivity contribution is 6.03. The predicted octanol–water partition coefficient (Wildman–Crippen LogP) is 5.86. The zero-order valence-corrected chi connectivity index (χ0v) is 42.5. The van der Waals surface area contributed by atoms with Crippen molar-refractivity contribution in [1.82, 2.24) is 33.9 Å². The maximum atomic E-state index is 15.4. The first-order chi connectivity index (χ1) is 36.1. The number of likely N-dealkylation sites (N-methyl/N-ethyl adjacent to an activating group) is 2. The normalized spacial score (nSPS) is 15.3. The van der Waals surface area contributed by atoms with Crippen molar-refractivity contribution in [1.29, 1.82) is 0 Å². The number of piperazine rings is 1. The Morgan fingerprint density at radius 1 is 0.893 bits per heavy atom. The Kier molecular flexibility index (Phi) is 19.2. The lowest BCUT2D eigenvalue weighted by atomic mass is 10.0. The van der Waals surface area contributed by atoms with E-state index in [-0.39, 0.29) is 53.7 Å². The molecule has 21 heteroatoms. The number of imidazole rings is 1. The minimum Gasteiger partial charge on any atom is -0.376 e. The first-order valence-corrected chi connectivity index (χ1v) is 24.9. The second-order valence-electron chi connectivity index (χ2n) is 18.9. The van der Waals surface area contributed by atoms with Gasteiger partial charge in [-0.25, -0.2) is 9.18 Å². The molecule has 2 aliphatic rings. The number of alkyl halides is 3. The van der Waals surface area contributed by atoms with Gasteiger partial charge < -0.3 is 34.3 Å². The van der Waals surface area contributed by atoms with Gasteiger partial charge in [-0.1, -0.05) is 36.4 Å². The van der Waals surface area contributed by atoms with E-state index in [2.05, 4.69) is 32.0 Å². The van der Waals surface area contributed by atoms with Crippen molar-refractivity contribution >= 4 is 48.6 Å². The van der Waals surface area contributed by atoms with Crippen molar-refractivity contribution in [3.8, 4) is 5.69 Å². The van der Waals surface area contributed by atoms with Crippen LogP contribution in [0.25, 0.3) is 11.2 Å². The molecule has 1 N–H and O–H groups in total. The lowest BCUT2D eigenvalue weighted by molar-refractivity contribution is -0.136. The topological polar surface area (TPSA) is 166 Å². The lowest BCUT2D eigenvalue weighted by Gasteiger charge is -2.36. The van der Waals surface area contributed by atoms with Crippen LogP contribution in [0.4, 0.5) is 23.2 Å². The van der Waals surface area contributed by atoms with Crippen molar-refractivity contribution in [3.05, 3.63) is 134 Å². The number of pyridine rings is 1. The van der Waals surface area contributed by atoms with E-state index in [4.69, 9.17) is 9.47 Å². The average Bonchev–Trinajstić information content (AvgIpc) is 3.75. The summed E-state index contributed by atoms with van der Waals surface area (Å²) in [4.78, 5) is 71.8. The van der Waals surface area contributed by atoms with Crippen molar-refractivity contribution in [2.45, 2.75) is 70.1 Å². The van der Waals surface area contributed by atoms with Crippen LogP contribution in [-0.4, -0.2) is 158 Å². The van der Waals surface area contributed by atoms with Crippen LogP contribution >= 0.6 is 0 Å². The Labute approximate surface area is 433 Å². The van der Waals surface area contributed by atoms with E-state index in [1.54, 1.807) is 24.5 Å². The summed E-state index contributed by atoms with van der Waals surface area (Å²) in [6.07, 6.45) is 2.72. The highest BCUT2D eigenvalue weighted by Gasteiger charge is 2.35. The van der Waals surface area contributed by atoms with E-state index in [0.717, 1.165) is 33.2 Å². The minimum absolute atomic E-state index is 0.0181. The van der Waals surface area contributed by atoms with Gasteiger partial charge in [0.15, 0.2) is 6.29 Å². The summed E-state index contributed by atoms with van der Waals surface area (Å²) in [5.41, 5.74) is 2.22. The van der Waals surface area contributed by atoms with Crippen LogP contribution in [0.2, 0.25) is 0 Å². The predicted molar refractivity (Wildman–Crippen MR) is 277 cm³/mol. The Bertz CT molecular complexity index is 2870. The molecule has 4 heterocycles. The molecule has 2 aromatic heterocycles. The smallest absolute Gasteiger partial charge is 0.376 e. The monoisotopic (exact) mass is 1040 g/mol. The van der Waals surface area contributed by atoms with E-state index >= 15 is 4.39 Å². The fourth-order valence-electron chi connectivity index (χ4n) is 9.40. The number of fused-ring (bicyclic) bond motifs is 1. The zero-order valence-electron chi connectivity index (χ0n) is 42.5. The third-order valence-electron chi connectivity index (χ3n) is 13.7. The summed E-state index contributed by atoms with van der Waals surface area (Å²) in [6, 6.07) is 17.9. The molecular weight excluding hydrogens is 977 g/mol. The number of amides is 2. The number of benzene rings is 3. The second-order valence-corrected chi connectivity index (χ2v) is 18.9. The number of hydrogen-bond donors (Lipinski definition) is 1. The molecule has 1 atom stereocenters. The second kappa shape index (κ2) is 25.9. The molecule has 2 aliphatic heterocycles. The van der Waals surface area contributed by atoms with E-state index in [0.29, 0.717) is 115 Å². The molecule has 2 saturated heterocycles. The molecule has 0 bridgehead atoms. The molecule has 17 nitrogen and oxygen atoms in total. The Balaban J connectivity index is 0.832. The molecule has 7 rings (SSSR count). The quantitative estimate of drug-likeness (QED) is 0.0197. The number of likely N-dealkylation sites (tertiary alicyclic amines) is 1. The van der Waals surface area contributed by atoms with Crippen LogP contribution in [0.1, 0.15) is 74.2 Å². The number of carbonyl (C=O) groups excluding carboxylic acids is 4.